The molecule has 2 amide bonds. The van der Waals surface area contributed by atoms with E-state index >= 15 is 0 Å². The van der Waals surface area contributed by atoms with Crippen molar-refractivity contribution in [3.63, 3.8) is 0 Å². The normalized spacial score (nSPS) is 16.1. The molecule has 1 aliphatic rings. The average molecular weight is 414 g/mol. The average Bonchev–Trinajstić information content (AvgIpc) is 2.78. The number of likely N-dealkylation sites (tertiary alicyclic amines) is 1. The molecule has 2 aromatic carbocycles. The lowest BCUT2D eigenvalue weighted by atomic mass is 9.96. The molecular weight excluding hydrogens is 387 g/mol. The van der Waals surface area contributed by atoms with Crippen LogP contribution in [-0.2, 0) is 16.0 Å². The minimum atomic E-state index is -0.324. The first-order valence-electron chi connectivity index (χ1n) is 10.1. The van der Waals surface area contributed by atoms with Gasteiger partial charge in [0.2, 0.25) is 11.8 Å². The van der Waals surface area contributed by atoms with Crippen LogP contribution in [0.3, 0.4) is 0 Å². The van der Waals surface area contributed by atoms with Crippen LogP contribution in [0.5, 0.6) is 11.5 Å². The monoisotopic (exact) mass is 414 g/mol. The second-order valence-corrected chi connectivity index (χ2v) is 7.27. The van der Waals surface area contributed by atoms with Crippen molar-refractivity contribution in [3.05, 3.63) is 59.9 Å². The molecule has 1 N–H and O–H groups in total. The molecule has 30 heavy (non-hydrogen) atoms. The summed E-state index contributed by atoms with van der Waals surface area (Å²) >= 11 is 0. The van der Waals surface area contributed by atoms with Gasteiger partial charge < -0.3 is 19.7 Å². The Kier molecular flexibility index (Phi) is 7.65. The molecule has 2 aromatic rings. The van der Waals surface area contributed by atoms with E-state index in [1.165, 1.54) is 12.1 Å². The maximum Gasteiger partial charge on any atom is 0.227 e. The summed E-state index contributed by atoms with van der Waals surface area (Å²) in [6.07, 6.45) is 1.74. The van der Waals surface area contributed by atoms with Gasteiger partial charge in [0.25, 0.3) is 0 Å². The summed E-state index contributed by atoms with van der Waals surface area (Å²) in [4.78, 5) is 26.8. The molecule has 1 heterocycles. The number of rotatable bonds is 8. The van der Waals surface area contributed by atoms with Crippen molar-refractivity contribution in [2.24, 2.45) is 5.92 Å². The molecule has 7 heteroatoms. The van der Waals surface area contributed by atoms with Crippen LogP contribution in [0.4, 0.5) is 4.39 Å². The summed E-state index contributed by atoms with van der Waals surface area (Å²) < 4.78 is 23.9. The van der Waals surface area contributed by atoms with Crippen LogP contribution in [0.15, 0.2) is 48.5 Å². The molecule has 0 aliphatic carbocycles. The molecule has 3 rings (SSSR count). The molecule has 0 aromatic heterocycles. The van der Waals surface area contributed by atoms with E-state index in [0.29, 0.717) is 37.7 Å². The standard InChI is InChI=1S/C23H27FN2O4/c1-29-20-6-2-3-7-21(20)30-14-12-25-23(28)18-5-4-13-26(16-18)22(27)15-17-8-10-19(24)11-9-17/h2-3,6-11,18H,4-5,12-16H2,1H3,(H,25,28). The van der Waals surface area contributed by atoms with E-state index in [0.717, 1.165) is 18.4 Å². The molecule has 0 bridgehead atoms. The highest BCUT2D eigenvalue weighted by atomic mass is 19.1. The van der Waals surface area contributed by atoms with E-state index in [-0.39, 0.29) is 30.0 Å². The highest BCUT2D eigenvalue weighted by molar-refractivity contribution is 5.82. The second kappa shape index (κ2) is 10.6. The van der Waals surface area contributed by atoms with Crippen molar-refractivity contribution >= 4 is 11.8 Å². The Hall–Kier alpha value is -3.09. The molecule has 1 aliphatic heterocycles. The van der Waals surface area contributed by atoms with Crippen molar-refractivity contribution in [2.75, 3.05) is 33.4 Å². The predicted octanol–water partition coefficient (Wildman–Crippen LogP) is 2.81. The first kappa shape index (κ1) is 21.6. The zero-order valence-corrected chi connectivity index (χ0v) is 17.1. The minimum Gasteiger partial charge on any atom is -0.493 e. The van der Waals surface area contributed by atoms with Gasteiger partial charge in [-0.25, -0.2) is 4.39 Å². The number of nitrogens with one attached hydrogen (secondary N) is 1. The summed E-state index contributed by atoms with van der Waals surface area (Å²) in [6.45, 7) is 1.74. The maximum atomic E-state index is 13.0. The molecule has 0 saturated carbocycles. The fourth-order valence-electron chi connectivity index (χ4n) is 3.52. The van der Waals surface area contributed by atoms with Gasteiger partial charge in [-0.1, -0.05) is 24.3 Å². The molecule has 1 fully saturated rings. The zero-order chi connectivity index (χ0) is 21.3. The van der Waals surface area contributed by atoms with Crippen molar-refractivity contribution in [3.8, 4) is 11.5 Å². The Balaban J connectivity index is 1.43. The number of amides is 2. The number of ether oxygens (including phenoxy) is 2. The molecule has 1 saturated heterocycles. The number of carbonyl (C=O) groups is 2. The Bertz CT molecular complexity index is 857. The molecule has 160 valence electrons. The zero-order valence-electron chi connectivity index (χ0n) is 17.1. The van der Waals surface area contributed by atoms with Gasteiger partial charge in [0.15, 0.2) is 11.5 Å². The van der Waals surface area contributed by atoms with Crippen molar-refractivity contribution in [1.29, 1.82) is 0 Å². The van der Waals surface area contributed by atoms with Crippen LogP contribution >= 0.6 is 0 Å². The number of piperidine rings is 1. The Morgan fingerprint density at radius 2 is 1.87 bits per heavy atom. The van der Waals surface area contributed by atoms with Gasteiger partial charge in [0.1, 0.15) is 12.4 Å². The van der Waals surface area contributed by atoms with Gasteiger partial charge in [-0.05, 0) is 42.7 Å². The summed E-state index contributed by atoms with van der Waals surface area (Å²) in [5.41, 5.74) is 0.765. The van der Waals surface area contributed by atoms with Gasteiger partial charge in [-0.15, -0.1) is 0 Å². The fraction of sp³-hybridized carbons (Fsp3) is 0.391. The number of carbonyl (C=O) groups excluding carboxylic acids is 2. The number of benzene rings is 2. The van der Waals surface area contributed by atoms with Gasteiger partial charge in [-0.3, -0.25) is 9.59 Å². The lowest BCUT2D eigenvalue weighted by molar-refractivity contribution is -0.135. The van der Waals surface area contributed by atoms with E-state index in [4.69, 9.17) is 9.47 Å². The molecule has 0 spiro atoms. The van der Waals surface area contributed by atoms with Crippen molar-refractivity contribution in [1.82, 2.24) is 10.2 Å². The lowest BCUT2D eigenvalue weighted by Gasteiger charge is -2.32. The molecule has 1 atom stereocenters. The van der Waals surface area contributed by atoms with Gasteiger partial charge in [0, 0.05) is 13.1 Å². The topological polar surface area (TPSA) is 67.9 Å². The van der Waals surface area contributed by atoms with Crippen LogP contribution in [0, 0.1) is 11.7 Å². The quantitative estimate of drug-likeness (QED) is 0.675. The number of hydrogen-bond donors (Lipinski definition) is 1. The summed E-state index contributed by atoms with van der Waals surface area (Å²) in [5.74, 6) is 0.602. The van der Waals surface area contributed by atoms with E-state index < -0.39 is 0 Å². The van der Waals surface area contributed by atoms with Gasteiger partial charge in [-0.2, -0.15) is 0 Å². The van der Waals surface area contributed by atoms with Crippen LogP contribution < -0.4 is 14.8 Å². The summed E-state index contributed by atoms with van der Waals surface area (Å²) in [7, 11) is 1.58. The number of hydrogen-bond acceptors (Lipinski definition) is 4. The van der Waals surface area contributed by atoms with E-state index in [1.807, 2.05) is 24.3 Å². The molecule has 6 nitrogen and oxygen atoms in total. The smallest absolute Gasteiger partial charge is 0.227 e. The van der Waals surface area contributed by atoms with Gasteiger partial charge >= 0.3 is 0 Å². The molecule has 0 radical (unpaired) electrons. The van der Waals surface area contributed by atoms with Crippen LogP contribution in [0.2, 0.25) is 0 Å². The predicted molar refractivity (Wildman–Crippen MR) is 111 cm³/mol. The highest BCUT2D eigenvalue weighted by Gasteiger charge is 2.28. The van der Waals surface area contributed by atoms with Crippen molar-refractivity contribution in [2.45, 2.75) is 19.3 Å². The number of para-hydroxylation sites is 2. The second-order valence-electron chi connectivity index (χ2n) is 7.27. The maximum absolute atomic E-state index is 13.0. The number of methoxy groups -OCH3 is 1. The third-order valence-corrected chi connectivity index (χ3v) is 5.14. The van der Waals surface area contributed by atoms with E-state index in [2.05, 4.69) is 5.32 Å². The van der Waals surface area contributed by atoms with Gasteiger partial charge in [0.05, 0.1) is 26.0 Å². The van der Waals surface area contributed by atoms with Crippen LogP contribution in [0.1, 0.15) is 18.4 Å². The summed E-state index contributed by atoms with van der Waals surface area (Å²) in [6, 6.07) is 13.3. The SMILES string of the molecule is COc1ccccc1OCCNC(=O)C1CCCN(C(=O)Cc2ccc(F)cc2)C1. The Morgan fingerprint density at radius 1 is 1.13 bits per heavy atom. The largest absolute Gasteiger partial charge is 0.493 e. The summed E-state index contributed by atoms with van der Waals surface area (Å²) in [5, 5.41) is 2.89. The first-order chi connectivity index (χ1) is 14.6. The Morgan fingerprint density at radius 3 is 2.60 bits per heavy atom. The Labute approximate surface area is 176 Å². The number of halogens is 1. The van der Waals surface area contributed by atoms with E-state index in [1.54, 1.807) is 24.1 Å². The lowest BCUT2D eigenvalue weighted by Crippen LogP contribution is -2.46. The van der Waals surface area contributed by atoms with Crippen LogP contribution in [0.25, 0.3) is 0 Å². The highest BCUT2D eigenvalue weighted by Crippen LogP contribution is 2.25. The first-order valence-corrected chi connectivity index (χ1v) is 10.1. The molecule has 1 unspecified atom stereocenters. The fourth-order valence-corrected chi connectivity index (χ4v) is 3.52. The van der Waals surface area contributed by atoms with Crippen molar-refractivity contribution < 1.29 is 23.5 Å². The van der Waals surface area contributed by atoms with E-state index in [9.17, 15) is 14.0 Å². The third-order valence-electron chi connectivity index (χ3n) is 5.14. The number of nitrogens with zero attached hydrogens (tertiary/aromatic N) is 1. The van der Waals surface area contributed by atoms with Crippen LogP contribution in [-0.4, -0.2) is 50.1 Å². The minimum absolute atomic E-state index is 0.0429. The third kappa shape index (κ3) is 5.95. The molecular formula is C23H27FN2O4.